The molecule has 0 radical (unpaired) electrons. The lowest BCUT2D eigenvalue weighted by Crippen LogP contribution is -2.55. The van der Waals surface area contributed by atoms with E-state index in [1.54, 1.807) is 31.7 Å². The van der Waals surface area contributed by atoms with Gasteiger partial charge in [-0.3, -0.25) is 19.2 Å². The number of nitrogens with one attached hydrogen (secondary N) is 2. The third kappa shape index (κ3) is 9.41. The van der Waals surface area contributed by atoms with Crippen molar-refractivity contribution in [2.45, 2.75) is 83.6 Å². The number of hydrogen-bond donors (Lipinski definition) is 2. The minimum absolute atomic E-state index is 0.0461. The summed E-state index contributed by atoms with van der Waals surface area (Å²) in [6.45, 7) is 7.61. The SMILES string of the molecule is CCC(=O)N[C@@H](C(=O)N1CCN(C)CC1)[C@@H](C)c1ccc(NC(=O)[C@@H](CC(=O)C(F)(F)c2ccc(OC)nc2)[C@@H](C)C2CCCCC2)c(F)c1. The Balaban J connectivity index is 1.55. The van der Waals surface area contributed by atoms with E-state index >= 15 is 13.2 Å². The van der Waals surface area contributed by atoms with Crippen molar-refractivity contribution in [3.8, 4) is 5.88 Å². The molecule has 2 N–H and O–H groups in total. The molecule has 1 aromatic carbocycles. The number of nitrogens with zero attached hydrogens (tertiary/aromatic N) is 3. The molecular formula is C37H50F3N5O5. The van der Waals surface area contributed by atoms with Crippen LogP contribution in [-0.2, 0) is 25.1 Å². The number of pyridine rings is 1. The second-order valence-electron chi connectivity index (χ2n) is 13.7. The summed E-state index contributed by atoms with van der Waals surface area (Å²) in [5.41, 5.74) is -0.354. The first-order valence-electron chi connectivity index (χ1n) is 17.5. The zero-order chi connectivity index (χ0) is 36.6. The normalized spacial score (nSPS) is 18.4. The number of alkyl halides is 2. The van der Waals surface area contributed by atoms with Crippen LogP contribution in [0, 0.1) is 23.6 Å². The van der Waals surface area contributed by atoms with Crippen LogP contribution in [0.1, 0.15) is 82.8 Å². The molecule has 1 saturated heterocycles. The highest BCUT2D eigenvalue weighted by atomic mass is 19.3. The van der Waals surface area contributed by atoms with Gasteiger partial charge in [0, 0.05) is 68.7 Å². The average Bonchev–Trinajstić information content (AvgIpc) is 3.13. The van der Waals surface area contributed by atoms with Gasteiger partial charge in [-0.2, -0.15) is 8.78 Å². The first kappa shape index (κ1) is 38.8. The molecule has 2 fully saturated rings. The van der Waals surface area contributed by atoms with Crippen molar-refractivity contribution in [1.29, 1.82) is 0 Å². The molecular weight excluding hydrogens is 651 g/mol. The molecule has 1 aliphatic carbocycles. The third-order valence-electron chi connectivity index (χ3n) is 10.4. The summed E-state index contributed by atoms with van der Waals surface area (Å²) in [6.07, 6.45) is 4.85. The molecule has 0 spiro atoms. The van der Waals surface area contributed by atoms with Crippen LogP contribution in [0.3, 0.4) is 0 Å². The van der Waals surface area contributed by atoms with Gasteiger partial charge in [0.2, 0.25) is 29.4 Å². The first-order chi connectivity index (χ1) is 23.8. The van der Waals surface area contributed by atoms with Gasteiger partial charge < -0.3 is 25.2 Å². The Morgan fingerprint density at radius 2 is 1.70 bits per heavy atom. The number of carbonyl (C=O) groups excluding carboxylic acids is 4. The molecule has 0 unspecified atom stereocenters. The average molecular weight is 702 g/mol. The van der Waals surface area contributed by atoms with E-state index in [-0.39, 0.29) is 35.7 Å². The number of ketones is 1. The number of amides is 3. The Hall–Kier alpha value is -4.00. The lowest BCUT2D eigenvalue weighted by atomic mass is 9.73. The number of aromatic nitrogens is 1. The number of Topliss-reactive ketones (excluding diaryl/α,β-unsaturated/α-hetero) is 1. The number of piperazine rings is 1. The van der Waals surface area contributed by atoms with Crippen molar-refractivity contribution in [3.63, 3.8) is 0 Å². The minimum atomic E-state index is -3.90. The standard InChI is InChI=1S/C37H50F3N5O5/c1-6-32(47)43-34(36(49)45-18-16-44(4)17-19-45)24(3)26-12-14-30(29(38)20-26)42-35(48)28(23(2)25-10-8-7-9-11-25)21-31(46)37(39,40)27-13-15-33(50-5)41-22-27/h12-15,20,22-25,28,34H,6-11,16-19,21H2,1-5H3,(H,42,48)(H,43,47)/t23-,24-,28-,34+/m0/s1. The van der Waals surface area contributed by atoms with Crippen LogP contribution in [-0.4, -0.2) is 84.7 Å². The van der Waals surface area contributed by atoms with Gasteiger partial charge >= 0.3 is 5.92 Å². The number of benzene rings is 1. The summed E-state index contributed by atoms with van der Waals surface area (Å²) in [4.78, 5) is 60.6. The Morgan fingerprint density at radius 3 is 2.28 bits per heavy atom. The number of carbonyl (C=O) groups is 4. The fraction of sp³-hybridized carbons (Fsp3) is 0.595. The summed E-state index contributed by atoms with van der Waals surface area (Å²) in [5.74, 6) is -9.42. The monoisotopic (exact) mass is 701 g/mol. The van der Waals surface area contributed by atoms with Crippen LogP contribution in [0.25, 0.3) is 0 Å². The largest absolute Gasteiger partial charge is 0.481 e. The fourth-order valence-corrected chi connectivity index (χ4v) is 6.91. The van der Waals surface area contributed by atoms with Crippen LogP contribution < -0.4 is 15.4 Å². The van der Waals surface area contributed by atoms with Gasteiger partial charge in [0.1, 0.15) is 11.9 Å². The summed E-state index contributed by atoms with van der Waals surface area (Å²) in [7, 11) is 3.31. The molecule has 10 nitrogen and oxygen atoms in total. The van der Waals surface area contributed by atoms with Crippen LogP contribution >= 0.6 is 0 Å². The second kappa shape index (κ2) is 17.3. The molecule has 4 atom stereocenters. The van der Waals surface area contributed by atoms with E-state index in [0.29, 0.717) is 31.7 Å². The zero-order valence-corrected chi connectivity index (χ0v) is 29.6. The maximum Gasteiger partial charge on any atom is 0.331 e. The van der Waals surface area contributed by atoms with E-state index < -0.39 is 59.2 Å². The van der Waals surface area contributed by atoms with Crippen molar-refractivity contribution in [2.24, 2.45) is 17.8 Å². The smallest absolute Gasteiger partial charge is 0.331 e. The Kier molecular flexibility index (Phi) is 13.4. The highest BCUT2D eigenvalue weighted by Gasteiger charge is 2.44. The molecule has 2 heterocycles. The van der Waals surface area contributed by atoms with Crippen molar-refractivity contribution in [1.82, 2.24) is 20.1 Å². The lowest BCUT2D eigenvalue weighted by molar-refractivity contribution is -0.147. The molecule has 1 aliphatic heterocycles. The quantitative estimate of drug-likeness (QED) is 0.266. The molecule has 13 heteroatoms. The highest BCUT2D eigenvalue weighted by Crippen LogP contribution is 2.39. The summed E-state index contributed by atoms with van der Waals surface area (Å²) in [6, 6.07) is 5.51. The predicted octanol–water partition coefficient (Wildman–Crippen LogP) is 5.52. The fourth-order valence-electron chi connectivity index (χ4n) is 6.91. The first-order valence-corrected chi connectivity index (χ1v) is 17.5. The van der Waals surface area contributed by atoms with E-state index in [9.17, 15) is 19.2 Å². The molecule has 274 valence electrons. The van der Waals surface area contributed by atoms with Gasteiger partial charge in [-0.25, -0.2) is 9.37 Å². The van der Waals surface area contributed by atoms with Crippen LogP contribution in [0.2, 0.25) is 0 Å². The summed E-state index contributed by atoms with van der Waals surface area (Å²) < 4.78 is 51.5. The number of rotatable bonds is 14. The number of hydrogen-bond acceptors (Lipinski definition) is 7. The zero-order valence-electron chi connectivity index (χ0n) is 29.6. The maximum atomic E-state index is 15.7. The topological polar surface area (TPSA) is 121 Å². The third-order valence-corrected chi connectivity index (χ3v) is 10.4. The second-order valence-corrected chi connectivity index (χ2v) is 13.7. The van der Waals surface area contributed by atoms with E-state index in [1.165, 1.54) is 25.3 Å². The van der Waals surface area contributed by atoms with Gasteiger partial charge in [0.05, 0.1) is 12.8 Å². The Morgan fingerprint density at radius 1 is 1.02 bits per heavy atom. The number of halogens is 3. The van der Waals surface area contributed by atoms with Crippen LogP contribution in [0.5, 0.6) is 5.88 Å². The van der Waals surface area contributed by atoms with E-state index in [0.717, 1.165) is 44.4 Å². The van der Waals surface area contributed by atoms with E-state index in [4.69, 9.17) is 4.74 Å². The highest BCUT2D eigenvalue weighted by molar-refractivity contribution is 5.97. The predicted molar refractivity (Wildman–Crippen MR) is 183 cm³/mol. The van der Waals surface area contributed by atoms with Crippen LogP contribution in [0.15, 0.2) is 36.5 Å². The van der Waals surface area contributed by atoms with Gasteiger partial charge in [-0.1, -0.05) is 58.9 Å². The van der Waals surface area contributed by atoms with Crippen LogP contribution in [0.4, 0.5) is 18.9 Å². The molecule has 1 saturated carbocycles. The lowest BCUT2D eigenvalue weighted by Gasteiger charge is -2.36. The molecule has 2 aliphatic rings. The molecule has 1 aromatic heterocycles. The van der Waals surface area contributed by atoms with Crippen molar-refractivity contribution >= 4 is 29.2 Å². The van der Waals surface area contributed by atoms with E-state index in [1.807, 2.05) is 7.05 Å². The van der Waals surface area contributed by atoms with Crippen molar-refractivity contribution < 1.29 is 37.1 Å². The molecule has 4 rings (SSSR count). The number of ether oxygens (including phenoxy) is 1. The van der Waals surface area contributed by atoms with E-state index in [2.05, 4.69) is 20.5 Å². The Bertz CT molecular complexity index is 1490. The van der Waals surface area contributed by atoms with Crippen molar-refractivity contribution in [2.75, 3.05) is 45.7 Å². The number of likely N-dealkylation sites (N-methyl/N-ethyl adjacent to an activating group) is 1. The molecule has 3 amide bonds. The summed E-state index contributed by atoms with van der Waals surface area (Å²) in [5, 5.41) is 5.37. The molecule has 0 bridgehead atoms. The summed E-state index contributed by atoms with van der Waals surface area (Å²) >= 11 is 0. The van der Waals surface area contributed by atoms with Gasteiger partial charge in [0.25, 0.3) is 0 Å². The Labute approximate surface area is 292 Å². The maximum absolute atomic E-state index is 15.7. The van der Waals surface area contributed by atoms with Gasteiger partial charge in [-0.05, 0) is 42.6 Å². The van der Waals surface area contributed by atoms with Gasteiger partial charge in [0.15, 0.2) is 0 Å². The van der Waals surface area contributed by atoms with Crippen molar-refractivity contribution in [3.05, 3.63) is 53.5 Å². The number of methoxy groups -OCH3 is 1. The molecule has 2 aromatic rings. The number of anilines is 1. The minimum Gasteiger partial charge on any atom is -0.481 e. The molecule has 50 heavy (non-hydrogen) atoms. The van der Waals surface area contributed by atoms with Gasteiger partial charge in [-0.15, -0.1) is 0 Å².